The highest BCUT2D eigenvalue weighted by atomic mass is 16.6. The summed E-state index contributed by atoms with van der Waals surface area (Å²) in [6.07, 6.45) is -1.49. The van der Waals surface area contributed by atoms with Crippen LogP contribution in [0.5, 0.6) is 5.75 Å². The average Bonchev–Trinajstić information content (AvgIpc) is 3.04. The second-order valence-electron chi connectivity index (χ2n) is 5.29. The third kappa shape index (κ3) is 1.84. The van der Waals surface area contributed by atoms with Gasteiger partial charge in [-0.15, -0.1) is 0 Å². The number of amides is 2. The van der Waals surface area contributed by atoms with E-state index in [4.69, 9.17) is 19.9 Å². The zero-order valence-corrected chi connectivity index (χ0v) is 11.7. The lowest BCUT2D eigenvalue weighted by Crippen LogP contribution is -2.41. The molecule has 2 saturated heterocycles. The highest BCUT2D eigenvalue weighted by Crippen LogP contribution is 2.43. The third-order valence-electron chi connectivity index (χ3n) is 4.00. The summed E-state index contributed by atoms with van der Waals surface area (Å²) in [5.41, 5.74) is 6.96. The average molecular weight is 305 g/mol. The molecular formula is C14H15N3O5. The van der Waals surface area contributed by atoms with Gasteiger partial charge in [0.15, 0.2) is 6.10 Å². The van der Waals surface area contributed by atoms with Crippen LogP contribution < -0.4 is 20.3 Å². The minimum absolute atomic E-state index is 0.0776. The zero-order chi connectivity index (χ0) is 15.3. The largest absolute Gasteiger partial charge is 0.464 e. The van der Waals surface area contributed by atoms with Gasteiger partial charge >= 0.3 is 6.09 Å². The van der Waals surface area contributed by atoms with Crippen LogP contribution in [0.2, 0.25) is 0 Å². The summed E-state index contributed by atoms with van der Waals surface area (Å²) >= 11 is 0. The van der Waals surface area contributed by atoms with E-state index in [2.05, 4.69) is 0 Å². The Bertz CT molecular complexity index is 649. The molecule has 2 amide bonds. The van der Waals surface area contributed by atoms with E-state index in [1.54, 1.807) is 23.1 Å². The van der Waals surface area contributed by atoms with Crippen molar-refractivity contribution in [2.75, 3.05) is 36.1 Å². The lowest BCUT2D eigenvalue weighted by atomic mass is 10.2. The molecule has 1 aromatic rings. The number of cyclic esters (lactones) is 1. The first-order valence-electron chi connectivity index (χ1n) is 7.08. The molecule has 3 aliphatic rings. The first-order valence-corrected chi connectivity index (χ1v) is 7.08. The SMILES string of the molecule is NCC1OC(=O)N2c3ccc(N4CCOCC4=O)cc3OC12. The van der Waals surface area contributed by atoms with Gasteiger partial charge in [-0.2, -0.15) is 0 Å². The number of ether oxygens (including phenoxy) is 3. The highest BCUT2D eigenvalue weighted by Gasteiger charge is 2.49. The van der Waals surface area contributed by atoms with Crippen molar-refractivity contribution in [2.24, 2.45) is 5.73 Å². The Kier molecular flexibility index (Phi) is 2.95. The number of anilines is 2. The molecule has 2 atom stereocenters. The Balaban J connectivity index is 1.66. The Morgan fingerprint density at radius 3 is 2.91 bits per heavy atom. The number of hydrogen-bond donors (Lipinski definition) is 1. The predicted octanol–water partition coefficient (Wildman–Crippen LogP) is 0.0522. The van der Waals surface area contributed by atoms with Gasteiger partial charge < -0.3 is 24.8 Å². The van der Waals surface area contributed by atoms with Crippen molar-refractivity contribution < 1.29 is 23.8 Å². The van der Waals surface area contributed by atoms with Crippen LogP contribution in [0.1, 0.15) is 0 Å². The molecule has 0 bridgehead atoms. The van der Waals surface area contributed by atoms with Crippen LogP contribution in [0.3, 0.4) is 0 Å². The van der Waals surface area contributed by atoms with Gasteiger partial charge in [0.05, 0.1) is 12.3 Å². The number of carbonyl (C=O) groups is 2. The van der Waals surface area contributed by atoms with Gasteiger partial charge in [0.1, 0.15) is 12.4 Å². The van der Waals surface area contributed by atoms with Crippen LogP contribution >= 0.6 is 0 Å². The van der Waals surface area contributed by atoms with Crippen LogP contribution in [0.4, 0.5) is 16.2 Å². The zero-order valence-electron chi connectivity index (χ0n) is 11.7. The molecule has 0 aliphatic carbocycles. The summed E-state index contributed by atoms with van der Waals surface area (Å²) < 4.78 is 16.1. The fraction of sp³-hybridized carbons (Fsp3) is 0.429. The second kappa shape index (κ2) is 4.85. The summed E-state index contributed by atoms with van der Waals surface area (Å²) in [5.74, 6) is 0.459. The second-order valence-corrected chi connectivity index (χ2v) is 5.29. The number of fused-ring (bicyclic) bond motifs is 3. The maximum atomic E-state index is 11.9. The summed E-state index contributed by atoms with van der Waals surface area (Å²) in [6.45, 7) is 1.27. The number of benzene rings is 1. The predicted molar refractivity (Wildman–Crippen MR) is 75.8 cm³/mol. The van der Waals surface area contributed by atoms with Gasteiger partial charge in [0.2, 0.25) is 6.23 Å². The Morgan fingerprint density at radius 1 is 1.27 bits per heavy atom. The molecule has 116 valence electrons. The fourth-order valence-corrected chi connectivity index (χ4v) is 2.93. The Morgan fingerprint density at radius 2 is 2.14 bits per heavy atom. The molecule has 3 aliphatic heterocycles. The van der Waals surface area contributed by atoms with E-state index < -0.39 is 18.4 Å². The molecule has 2 fully saturated rings. The minimum Gasteiger partial charge on any atom is -0.464 e. The normalized spacial score (nSPS) is 26.6. The van der Waals surface area contributed by atoms with E-state index in [1.165, 1.54) is 4.90 Å². The minimum atomic E-state index is -0.539. The molecule has 0 saturated carbocycles. The maximum absolute atomic E-state index is 11.9. The van der Waals surface area contributed by atoms with Crippen LogP contribution in [0.25, 0.3) is 0 Å². The number of carbonyl (C=O) groups excluding carboxylic acids is 2. The van der Waals surface area contributed by atoms with Crippen molar-refractivity contribution in [1.82, 2.24) is 0 Å². The van der Waals surface area contributed by atoms with Crippen LogP contribution in [-0.2, 0) is 14.3 Å². The number of nitrogens with zero attached hydrogens (tertiary/aromatic N) is 2. The van der Waals surface area contributed by atoms with E-state index >= 15 is 0 Å². The molecule has 3 heterocycles. The Labute approximate surface area is 126 Å². The quantitative estimate of drug-likeness (QED) is 0.830. The standard InChI is InChI=1S/C14H15N3O5/c15-6-11-13-17(14(19)22-11)9-2-1-8(5-10(9)21-13)16-3-4-20-7-12(16)18/h1-2,5,11,13H,3-4,6-7,15H2. The van der Waals surface area contributed by atoms with Gasteiger partial charge in [-0.1, -0.05) is 0 Å². The molecule has 0 radical (unpaired) electrons. The van der Waals surface area contributed by atoms with E-state index in [0.717, 1.165) is 5.69 Å². The molecule has 0 spiro atoms. The molecule has 1 aromatic carbocycles. The molecule has 8 nitrogen and oxygen atoms in total. The van der Waals surface area contributed by atoms with E-state index in [-0.39, 0.29) is 19.1 Å². The van der Waals surface area contributed by atoms with E-state index in [0.29, 0.717) is 24.6 Å². The van der Waals surface area contributed by atoms with Crippen LogP contribution in [0, 0.1) is 0 Å². The van der Waals surface area contributed by atoms with Crippen molar-refractivity contribution in [1.29, 1.82) is 0 Å². The summed E-state index contributed by atoms with van der Waals surface area (Å²) in [7, 11) is 0. The summed E-state index contributed by atoms with van der Waals surface area (Å²) in [6, 6.07) is 5.31. The molecule has 22 heavy (non-hydrogen) atoms. The van der Waals surface area contributed by atoms with Crippen molar-refractivity contribution >= 4 is 23.4 Å². The Hall–Kier alpha value is -2.32. The first-order chi connectivity index (χ1) is 10.7. The molecule has 8 heteroatoms. The molecule has 2 N–H and O–H groups in total. The number of rotatable bonds is 2. The lowest BCUT2D eigenvalue weighted by molar-refractivity contribution is -0.125. The van der Waals surface area contributed by atoms with E-state index in [9.17, 15) is 9.59 Å². The maximum Gasteiger partial charge on any atom is 0.418 e. The third-order valence-corrected chi connectivity index (χ3v) is 4.00. The van der Waals surface area contributed by atoms with E-state index in [1.807, 2.05) is 0 Å². The monoisotopic (exact) mass is 305 g/mol. The van der Waals surface area contributed by atoms with Gasteiger partial charge in [-0.05, 0) is 12.1 Å². The van der Waals surface area contributed by atoms with Crippen LogP contribution in [0.15, 0.2) is 18.2 Å². The number of morpholine rings is 1. The van der Waals surface area contributed by atoms with Gasteiger partial charge in [0.25, 0.3) is 5.91 Å². The highest BCUT2D eigenvalue weighted by molar-refractivity contribution is 5.97. The lowest BCUT2D eigenvalue weighted by Gasteiger charge is -2.27. The van der Waals surface area contributed by atoms with Crippen molar-refractivity contribution in [3.8, 4) is 5.75 Å². The van der Waals surface area contributed by atoms with Crippen molar-refractivity contribution in [2.45, 2.75) is 12.3 Å². The topological polar surface area (TPSA) is 94.3 Å². The van der Waals surface area contributed by atoms with Gasteiger partial charge in [0, 0.05) is 24.8 Å². The number of hydrogen-bond acceptors (Lipinski definition) is 6. The molecule has 0 aromatic heterocycles. The van der Waals surface area contributed by atoms with Crippen molar-refractivity contribution in [3.63, 3.8) is 0 Å². The molecule has 4 rings (SSSR count). The van der Waals surface area contributed by atoms with Gasteiger partial charge in [-0.25, -0.2) is 9.69 Å². The van der Waals surface area contributed by atoms with Crippen molar-refractivity contribution in [3.05, 3.63) is 18.2 Å². The smallest absolute Gasteiger partial charge is 0.418 e. The fourth-order valence-electron chi connectivity index (χ4n) is 2.93. The van der Waals surface area contributed by atoms with Gasteiger partial charge in [-0.3, -0.25) is 4.79 Å². The molecule has 2 unspecified atom stereocenters. The summed E-state index contributed by atoms with van der Waals surface area (Å²) in [4.78, 5) is 26.9. The summed E-state index contributed by atoms with van der Waals surface area (Å²) in [5, 5.41) is 0. The van der Waals surface area contributed by atoms with Crippen LogP contribution in [-0.4, -0.2) is 50.6 Å². The number of nitrogens with two attached hydrogens (primary N) is 1. The molecular weight excluding hydrogens is 290 g/mol. The first kappa shape index (κ1) is 13.4.